The van der Waals surface area contributed by atoms with Crippen molar-refractivity contribution in [3.05, 3.63) is 83.9 Å². The zero-order valence-corrected chi connectivity index (χ0v) is 18.7. The molecule has 0 saturated carbocycles. The highest BCUT2D eigenvalue weighted by molar-refractivity contribution is 6.39. The number of methoxy groups -OCH3 is 1. The molecule has 0 bridgehead atoms. The van der Waals surface area contributed by atoms with Crippen LogP contribution in [0.4, 0.5) is 11.4 Å². The third-order valence-corrected chi connectivity index (χ3v) is 4.48. The van der Waals surface area contributed by atoms with Gasteiger partial charge in [-0.25, -0.2) is 5.43 Å². The Labute approximate surface area is 196 Å². The maximum absolute atomic E-state index is 12.1. The van der Waals surface area contributed by atoms with E-state index in [1.165, 1.54) is 13.3 Å². The first-order chi connectivity index (χ1) is 16.4. The molecule has 0 spiro atoms. The van der Waals surface area contributed by atoms with Gasteiger partial charge in [0.1, 0.15) is 11.5 Å². The number of hydrogen-bond acceptors (Lipinski definition) is 6. The molecule has 174 valence electrons. The maximum Gasteiger partial charge on any atom is 0.329 e. The molecular formula is C25H24N4O5. The molecule has 0 atom stereocenters. The average molecular weight is 460 g/mol. The second-order valence-corrected chi connectivity index (χ2v) is 7.16. The predicted octanol–water partition coefficient (Wildman–Crippen LogP) is 3.11. The van der Waals surface area contributed by atoms with Crippen LogP contribution in [0.3, 0.4) is 0 Å². The van der Waals surface area contributed by atoms with E-state index in [1.54, 1.807) is 48.5 Å². The Bertz CT molecular complexity index is 1190. The molecule has 0 saturated heterocycles. The molecule has 0 heterocycles. The van der Waals surface area contributed by atoms with Crippen molar-refractivity contribution in [1.82, 2.24) is 5.43 Å². The lowest BCUT2D eigenvalue weighted by atomic mass is 10.2. The number of ether oxygens (including phenoxy) is 2. The van der Waals surface area contributed by atoms with Crippen molar-refractivity contribution in [2.24, 2.45) is 5.10 Å². The Morgan fingerprint density at radius 2 is 1.59 bits per heavy atom. The number of hydrogen-bond donors (Lipinski definition) is 3. The smallest absolute Gasteiger partial charge is 0.329 e. The quantitative estimate of drug-likeness (QED) is 0.271. The molecule has 3 aromatic rings. The lowest BCUT2D eigenvalue weighted by molar-refractivity contribution is -0.136. The molecule has 0 radical (unpaired) electrons. The van der Waals surface area contributed by atoms with Crippen LogP contribution < -0.4 is 25.5 Å². The third kappa shape index (κ3) is 7.49. The van der Waals surface area contributed by atoms with Crippen LogP contribution in [-0.2, 0) is 14.4 Å². The van der Waals surface area contributed by atoms with Crippen LogP contribution in [0.25, 0.3) is 0 Å². The van der Waals surface area contributed by atoms with Crippen LogP contribution in [0.15, 0.2) is 77.9 Å². The summed E-state index contributed by atoms with van der Waals surface area (Å²) < 4.78 is 10.6. The number of nitrogens with zero attached hydrogens (tertiary/aromatic N) is 1. The van der Waals surface area contributed by atoms with Gasteiger partial charge in [0.2, 0.25) is 0 Å². The lowest BCUT2D eigenvalue weighted by Gasteiger charge is -2.08. The largest absolute Gasteiger partial charge is 0.497 e. The summed E-state index contributed by atoms with van der Waals surface area (Å²) in [5.41, 5.74) is 4.97. The lowest BCUT2D eigenvalue weighted by Crippen LogP contribution is -2.32. The molecule has 3 amide bonds. The fourth-order valence-electron chi connectivity index (χ4n) is 2.77. The summed E-state index contributed by atoms with van der Waals surface area (Å²) in [6.45, 7) is 1.79. The number of amides is 3. The van der Waals surface area contributed by atoms with E-state index in [-0.39, 0.29) is 12.5 Å². The number of carbonyl (C=O) groups excluding carboxylic acids is 3. The van der Waals surface area contributed by atoms with Gasteiger partial charge in [-0.05, 0) is 48.9 Å². The fraction of sp³-hybridized carbons (Fsp3) is 0.120. The van der Waals surface area contributed by atoms with Gasteiger partial charge >= 0.3 is 11.8 Å². The topological polar surface area (TPSA) is 118 Å². The first-order valence-corrected chi connectivity index (χ1v) is 10.3. The Balaban J connectivity index is 1.47. The molecule has 0 fully saturated rings. The first-order valence-electron chi connectivity index (χ1n) is 10.3. The van der Waals surface area contributed by atoms with Crippen LogP contribution in [0, 0.1) is 6.92 Å². The molecule has 3 aromatic carbocycles. The van der Waals surface area contributed by atoms with E-state index in [0.29, 0.717) is 28.4 Å². The van der Waals surface area contributed by atoms with Crippen molar-refractivity contribution in [3.63, 3.8) is 0 Å². The summed E-state index contributed by atoms with van der Waals surface area (Å²) in [5, 5.41) is 9.00. The van der Waals surface area contributed by atoms with E-state index in [1.807, 2.05) is 31.2 Å². The fourth-order valence-corrected chi connectivity index (χ4v) is 2.77. The minimum Gasteiger partial charge on any atom is -0.497 e. The van der Waals surface area contributed by atoms with Gasteiger partial charge in [0.25, 0.3) is 5.91 Å². The number of hydrazone groups is 1. The number of carbonyl (C=O) groups is 3. The molecule has 0 aliphatic heterocycles. The van der Waals surface area contributed by atoms with E-state index in [4.69, 9.17) is 9.47 Å². The molecule has 3 rings (SSSR count). The SMILES string of the molecule is COc1cccc(NC(=O)C(=O)N/N=C\c2cccc(OCC(=O)Nc3ccc(C)cc3)c2)c1. The molecule has 0 aliphatic rings. The summed E-state index contributed by atoms with van der Waals surface area (Å²) in [7, 11) is 1.50. The van der Waals surface area contributed by atoms with Gasteiger partial charge in [-0.15, -0.1) is 0 Å². The molecule has 9 nitrogen and oxygen atoms in total. The highest BCUT2D eigenvalue weighted by atomic mass is 16.5. The Hall–Kier alpha value is -4.66. The minimum absolute atomic E-state index is 0.171. The second-order valence-electron chi connectivity index (χ2n) is 7.16. The second kappa shape index (κ2) is 11.8. The van der Waals surface area contributed by atoms with Crippen molar-refractivity contribution in [3.8, 4) is 11.5 Å². The number of anilines is 2. The number of rotatable bonds is 8. The van der Waals surface area contributed by atoms with Gasteiger partial charge in [0, 0.05) is 17.4 Å². The average Bonchev–Trinajstić information content (AvgIpc) is 2.84. The van der Waals surface area contributed by atoms with Gasteiger partial charge in [0.15, 0.2) is 6.61 Å². The van der Waals surface area contributed by atoms with E-state index in [0.717, 1.165) is 5.56 Å². The standard InChI is InChI=1S/C25H24N4O5/c1-17-9-11-19(12-10-17)27-23(30)16-34-22-8-3-5-18(13-22)15-26-29-25(32)24(31)28-20-6-4-7-21(14-20)33-2/h3-15H,16H2,1-2H3,(H,27,30)(H,28,31)(H,29,32)/b26-15-. The molecule has 0 unspecified atom stereocenters. The van der Waals surface area contributed by atoms with Crippen molar-refractivity contribution in [2.75, 3.05) is 24.4 Å². The zero-order valence-electron chi connectivity index (χ0n) is 18.7. The third-order valence-electron chi connectivity index (χ3n) is 4.48. The van der Waals surface area contributed by atoms with E-state index in [2.05, 4.69) is 21.2 Å². The van der Waals surface area contributed by atoms with Crippen LogP contribution in [-0.4, -0.2) is 37.7 Å². The predicted molar refractivity (Wildman–Crippen MR) is 129 cm³/mol. The van der Waals surface area contributed by atoms with Crippen molar-refractivity contribution < 1.29 is 23.9 Å². The van der Waals surface area contributed by atoms with E-state index < -0.39 is 11.8 Å². The molecule has 34 heavy (non-hydrogen) atoms. The molecule has 0 aliphatic carbocycles. The van der Waals surface area contributed by atoms with E-state index >= 15 is 0 Å². The van der Waals surface area contributed by atoms with Crippen LogP contribution in [0.2, 0.25) is 0 Å². The molecule has 3 N–H and O–H groups in total. The first kappa shape index (κ1) is 24.0. The number of aryl methyl sites for hydroxylation is 1. The Morgan fingerprint density at radius 3 is 2.35 bits per heavy atom. The summed E-state index contributed by atoms with van der Waals surface area (Å²) in [4.78, 5) is 36.1. The Morgan fingerprint density at radius 1 is 0.853 bits per heavy atom. The molecular weight excluding hydrogens is 436 g/mol. The summed E-state index contributed by atoms with van der Waals surface area (Å²) in [5.74, 6) is -1.10. The number of nitrogens with one attached hydrogen (secondary N) is 3. The van der Waals surface area contributed by atoms with Crippen molar-refractivity contribution >= 4 is 35.3 Å². The van der Waals surface area contributed by atoms with Gasteiger partial charge < -0.3 is 20.1 Å². The van der Waals surface area contributed by atoms with Crippen LogP contribution in [0.5, 0.6) is 11.5 Å². The summed E-state index contributed by atoms with van der Waals surface area (Å²) in [6.07, 6.45) is 1.36. The minimum atomic E-state index is -0.931. The Kier molecular flexibility index (Phi) is 8.34. The summed E-state index contributed by atoms with van der Waals surface area (Å²) >= 11 is 0. The highest BCUT2D eigenvalue weighted by Crippen LogP contribution is 2.16. The van der Waals surface area contributed by atoms with Crippen molar-refractivity contribution in [1.29, 1.82) is 0 Å². The maximum atomic E-state index is 12.1. The van der Waals surface area contributed by atoms with E-state index in [9.17, 15) is 14.4 Å². The monoisotopic (exact) mass is 460 g/mol. The zero-order chi connectivity index (χ0) is 24.3. The van der Waals surface area contributed by atoms with Gasteiger partial charge in [0.05, 0.1) is 13.3 Å². The van der Waals surface area contributed by atoms with Crippen LogP contribution in [0.1, 0.15) is 11.1 Å². The van der Waals surface area contributed by atoms with Crippen molar-refractivity contribution in [2.45, 2.75) is 6.92 Å². The van der Waals surface area contributed by atoms with Gasteiger partial charge in [-0.1, -0.05) is 35.9 Å². The molecule has 9 heteroatoms. The number of benzene rings is 3. The highest BCUT2D eigenvalue weighted by Gasteiger charge is 2.13. The van der Waals surface area contributed by atoms with Gasteiger partial charge in [-0.2, -0.15) is 5.10 Å². The van der Waals surface area contributed by atoms with Gasteiger partial charge in [-0.3, -0.25) is 14.4 Å². The summed E-state index contributed by atoms with van der Waals surface area (Å²) in [6, 6.07) is 20.8. The normalized spacial score (nSPS) is 10.4. The molecule has 0 aromatic heterocycles. The van der Waals surface area contributed by atoms with Crippen LogP contribution >= 0.6 is 0 Å².